The number of hydrogen-bond donors (Lipinski definition) is 1. The topological polar surface area (TPSA) is 126 Å². The zero-order valence-corrected chi connectivity index (χ0v) is 23.5. The molecule has 5 rings (SSSR count). The standard InChI is InChI=1S/C25H32N4O5SSi/c1-13(12-33-36(6,7)23(2,3)4)25-10-16(30)24(5,34-25)17-18(25)22(32)29(21(17)31)15-9-8-14(11-26)19-20(15)28-35-27-19/h8-9,13,16-18,30H,10,12H2,1-7H3/t13?,16-,17-,18+,24?,25?/m0/s1. The van der Waals surface area contributed by atoms with Crippen molar-refractivity contribution < 1.29 is 23.9 Å². The van der Waals surface area contributed by atoms with Gasteiger partial charge in [0.1, 0.15) is 22.7 Å². The van der Waals surface area contributed by atoms with Crippen LogP contribution in [0.25, 0.3) is 11.0 Å². The third-order valence-corrected chi connectivity index (χ3v) is 14.2. The summed E-state index contributed by atoms with van der Waals surface area (Å²) in [4.78, 5) is 29.1. The lowest BCUT2D eigenvalue weighted by molar-refractivity contribution is -0.138. The van der Waals surface area contributed by atoms with Gasteiger partial charge in [0.05, 0.1) is 46.5 Å². The average molecular weight is 529 g/mol. The molecule has 11 heteroatoms. The first-order chi connectivity index (χ1) is 16.7. The normalized spacial score (nSPS) is 32.9. The molecule has 2 amide bonds. The van der Waals surface area contributed by atoms with Gasteiger partial charge in [0.2, 0.25) is 11.8 Å². The number of hydrogen-bond acceptors (Lipinski definition) is 9. The van der Waals surface area contributed by atoms with Crippen molar-refractivity contribution in [2.75, 3.05) is 11.5 Å². The summed E-state index contributed by atoms with van der Waals surface area (Å²) < 4.78 is 21.5. The minimum Gasteiger partial charge on any atom is -0.416 e. The molecule has 2 aromatic rings. The molecule has 0 radical (unpaired) electrons. The molecule has 0 aliphatic carbocycles. The van der Waals surface area contributed by atoms with Gasteiger partial charge < -0.3 is 14.3 Å². The maximum Gasteiger partial charge on any atom is 0.240 e. The van der Waals surface area contributed by atoms with Crippen LogP contribution in [0.1, 0.15) is 46.6 Å². The fraction of sp³-hybridized carbons (Fsp3) is 0.640. The number of carbonyl (C=O) groups is 2. The maximum absolute atomic E-state index is 14.0. The quantitative estimate of drug-likeness (QED) is 0.461. The van der Waals surface area contributed by atoms with Gasteiger partial charge >= 0.3 is 0 Å². The van der Waals surface area contributed by atoms with Crippen molar-refractivity contribution in [2.24, 2.45) is 17.8 Å². The van der Waals surface area contributed by atoms with E-state index in [0.717, 1.165) is 11.7 Å². The predicted octanol–water partition coefficient (Wildman–Crippen LogP) is 3.62. The first-order valence-corrected chi connectivity index (χ1v) is 15.9. The summed E-state index contributed by atoms with van der Waals surface area (Å²) in [6.45, 7) is 15.0. The molecule has 1 aromatic heterocycles. The van der Waals surface area contributed by atoms with Gasteiger partial charge in [0.15, 0.2) is 8.32 Å². The van der Waals surface area contributed by atoms with Crippen LogP contribution in [0.2, 0.25) is 18.1 Å². The monoisotopic (exact) mass is 528 g/mol. The Hall–Kier alpha value is -2.23. The third kappa shape index (κ3) is 3.21. The van der Waals surface area contributed by atoms with Gasteiger partial charge in [-0.15, -0.1) is 0 Å². The molecule has 3 saturated heterocycles. The fourth-order valence-electron chi connectivity index (χ4n) is 5.89. The molecule has 9 nitrogen and oxygen atoms in total. The molecule has 3 aliphatic heterocycles. The number of carbonyl (C=O) groups excluding carboxylic acids is 2. The smallest absolute Gasteiger partial charge is 0.240 e. The van der Waals surface area contributed by atoms with Crippen molar-refractivity contribution in [2.45, 2.75) is 76.5 Å². The van der Waals surface area contributed by atoms with Gasteiger partial charge in [0, 0.05) is 18.9 Å². The van der Waals surface area contributed by atoms with E-state index in [0.29, 0.717) is 28.9 Å². The molecule has 3 fully saturated rings. The number of anilines is 1. The summed E-state index contributed by atoms with van der Waals surface area (Å²) in [5.41, 5.74) is -0.824. The predicted molar refractivity (Wildman–Crippen MR) is 137 cm³/mol. The SMILES string of the molecule is CC(CO[Si](C)(C)C(C)(C)C)C12C[C@H](O)C(C)(O1)[C@@H]1C(=O)N(c3ccc(C#N)c4nsnc34)C(=O)[C@@H]12. The molecule has 3 aliphatic rings. The number of ether oxygens (including phenoxy) is 1. The minimum atomic E-state index is -2.07. The molecular formula is C25H32N4O5SSi. The Morgan fingerprint density at radius 2 is 1.92 bits per heavy atom. The summed E-state index contributed by atoms with van der Waals surface area (Å²) in [5.74, 6) is -2.56. The van der Waals surface area contributed by atoms with Gasteiger partial charge in [-0.3, -0.25) is 9.59 Å². The molecule has 3 unspecified atom stereocenters. The lowest BCUT2D eigenvalue weighted by Crippen LogP contribution is -2.52. The number of benzene rings is 1. The molecule has 2 bridgehead atoms. The highest BCUT2D eigenvalue weighted by Gasteiger charge is 2.78. The molecule has 1 N–H and O–H groups in total. The van der Waals surface area contributed by atoms with E-state index in [1.807, 2.05) is 6.92 Å². The van der Waals surface area contributed by atoms with Gasteiger partial charge in [-0.25, -0.2) is 4.90 Å². The van der Waals surface area contributed by atoms with E-state index < -0.39 is 43.4 Å². The van der Waals surface area contributed by atoms with E-state index in [2.05, 4.69) is 48.7 Å². The van der Waals surface area contributed by atoms with E-state index >= 15 is 0 Å². The van der Waals surface area contributed by atoms with E-state index in [1.165, 1.54) is 4.90 Å². The highest BCUT2D eigenvalue weighted by molar-refractivity contribution is 7.00. The number of nitriles is 1. The van der Waals surface area contributed by atoms with Crippen LogP contribution in [-0.4, -0.2) is 57.9 Å². The van der Waals surface area contributed by atoms with Gasteiger partial charge in [-0.2, -0.15) is 14.0 Å². The minimum absolute atomic E-state index is 0.0195. The van der Waals surface area contributed by atoms with Crippen LogP contribution in [0.3, 0.4) is 0 Å². The number of nitrogens with zero attached hydrogens (tertiary/aromatic N) is 4. The van der Waals surface area contributed by atoms with Crippen molar-refractivity contribution in [3.05, 3.63) is 17.7 Å². The summed E-state index contributed by atoms with van der Waals surface area (Å²) in [5, 5.41) is 20.5. The molecule has 0 saturated carbocycles. The number of aliphatic hydroxyl groups excluding tert-OH is 1. The van der Waals surface area contributed by atoms with Crippen LogP contribution in [0.15, 0.2) is 12.1 Å². The van der Waals surface area contributed by atoms with Crippen LogP contribution >= 0.6 is 11.7 Å². The van der Waals surface area contributed by atoms with Gasteiger partial charge in [0.25, 0.3) is 0 Å². The molecule has 36 heavy (non-hydrogen) atoms. The number of imide groups is 1. The molecule has 4 heterocycles. The lowest BCUT2D eigenvalue weighted by Gasteiger charge is -2.41. The Balaban J connectivity index is 1.54. The number of amides is 2. The van der Waals surface area contributed by atoms with E-state index in [1.54, 1.807) is 19.1 Å². The Morgan fingerprint density at radius 3 is 2.56 bits per heavy atom. The number of fused-ring (bicyclic) bond motifs is 6. The highest BCUT2D eigenvalue weighted by Crippen LogP contribution is 2.63. The Morgan fingerprint density at radius 1 is 1.28 bits per heavy atom. The van der Waals surface area contributed by atoms with Crippen molar-refractivity contribution in [1.29, 1.82) is 5.26 Å². The van der Waals surface area contributed by atoms with Crippen molar-refractivity contribution in [3.8, 4) is 6.07 Å². The van der Waals surface area contributed by atoms with Crippen LogP contribution in [0.5, 0.6) is 0 Å². The second kappa shape index (κ2) is 7.88. The highest BCUT2D eigenvalue weighted by atomic mass is 32.1. The summed E-state index contributed by atoms with van der Waals surface area (Å²) >= 11 is 0.929. The van der Waals surface area contributed by atoms with E-state index in [9.17, 15) is 20.0 Å². The second-order valence-corrected chi connectivity index (χ2v) is 17.4. The van der Waals surface area contributed by atoms with E-state index in [4.69, 9.17) is 9.16 Å². The third-order valence-electron chi connectivity index (χ3n) is 9.12. The average Bonchev–Trinajstić information content (AvgIpc) is 3.51. The van der Waals surface area contributed by atoms with Crippen LogP contribution < -0.4 is 4.90 Å². The molecule has 0 spiro atoms. The first-order valence-electron chi connectivity index (χ1n) is 12.2. The molecule has 192 valence electrons. The largest absolute Gasteiger partial charge is 0.416 e. The zero-order valence-electron chi connectivity index (χ0n) is 21.7. The van der Waals surface area contributed by atoms with Crippen LogP contribution in [0, 0.1) is 29.1 Å². The summed E-state index contributed by atoms with van der Waals surface area (Å²) in [6.07, 6.45) is -0.617. The maximum atomic E-state index is 14.0. The molecule has 1 aromatic carbocycles. The summed E-state index contributed by atoms with van der Waals surface area (Å²) in [7, 11) is -2.07. The molecular weight excluding hydrogens is 496 g/mol. The Bertz CT molecular complexity index is 1320. The van der Waals surface area contributed by atoms with Gasteiger partial charge in [-0.1, -0.05) is 27.7 Å². The van der Waals surface area contributed by atoms with E-state index in [-0.39, 0.29) is 23.3 Å². The van der Waals surface area contributed by atoms with Crippen LogP contribution in [-0.2, 0) is 18.8 Å². The van der Waals surface area contributed by atoms with Crippen molar-refractivity contribution in [3.63, 3.8) is 0 Å². The second-order valence-electron chi connectivity index (χ2n) is 12.1. The lowest BCUT2D eigenvalue weighted by atomic mass is 9.63. The zero-order chi connectivity index (χ0) is 26.4. The molecule has 6 atom stereocenters. The summed E-state index contributed by atoms with van der Waals surface area (Å²) in [6, 6.07) is 5.22. The van der Waals surface area contributed by atoms with Crippen molar-refractivity contribution >= 4 is 48.6 Å². The van der Waals surface area contributed by atoms with Crippen LogP contribution in [0.4, 0.5) is 5.69 Å². The van der Waals surface area contributed by atoms with Crippen molar-refractivity contribution in [1.82, 2.24) is 8.75 Å². The first kappa shape index (κ1) is 25.4. The Labute approximate surface area is 215 Å². The Kier molecular flexibility index (Phi) is 5.57. The number of aliphatic hydroxyl groups is 1. The number of rotatable bonds is 5. The number of aromatic nitrogens is 2. The fourth-order valence-corrected chi connectivity index (χ4v) is 7.55. The van der Waals surface area contributed by atoms with Gasteiger partial charge in [-0.05, 0) is 37.2 Å².